The molecule has 0 amide bonds. The minimum Gasteiger partial charge on any atom is -0.726 e. The third-order valence-electron chi connectivity index (χ3n) is 4.84. The van der Waals surface area contributed by atoms with Gasteiger partial charge in [-0.1, -0.05) is 69.2 Å². The predicted octanol–water partition coefficient (Wildman–Crippen LogP) is 2.62. The summed E-state index contributed by atoms with van der Waals surface area (Å²) in [6.07, 6.45) is 17.1. The summed E-state index contributed by atoms with van der Waals surface area (Å²) >= 11 is 0. The fraction of sp³-hybridized carbons (Fsp3) is 0.458. The molecule has 8 heteroatoms. The van der Waals surface area contributed by atoms with Crippen LogP contribution in [0, 0.1) is 0 Å². The summed E-state index contributed by atoms with van der Waals surface area (Å²) in [5, 5.41) is 0. The molecule has 2 rings (SSSR count). The first-order valence-electron chi connectivity index (χ1n) is 10.9. The van der Waals surface area contributed by atoms with Gasteiger partial charge in [0.05, 0.1) is 13.2 Å². The van der Waals surface area contributed by atoms with Crippen LogP contribution < -0.4 is 34.3 Å². The number of pyridine rings is 1. The van der Waals surface area contributed by atoms with E-state index >= 15 is 0 Å². The molecule has 0 saturated heterocycles. The van der Waals surface area contributed by atoms with Crippen molar-refractivity contribution < 1.29 is 51.4 Å². The molecule has 2 aromatic rings. The SMILES string of the molecule is O=S(=O)([O-])OCCCCCCCCCCCOc1ccc(/C=C/c2ccncc2)cc1.[Na+]. The molecule has 0 aliphatic carbocycles. The Balaban J connectivity index is 0.00000512. The first-order chi connectivity index (χ1) is 15.0. The van der Waals surface area contributed by atoms with Crippen LogP contribution in [0.5, 0.6) is 5.75 Å². The number of ether oxygens (including phenoxy) is 1. The summed E-state index contributed by atoms with van der Waals surface area (Å²) in [6.45, 7) is 0.728. The van der Waals surface area contributed by atoms with Crippen molar-refractivity contribution in [3.8, 4) is 5.75 Å². The van der Waals surface area contributed by atoms with Gasteiger partial charge in [-0.25, -0.2) is 8.42 Å². The van der Waals surface area contributed by atoms with Gasteiger partial charge in [0, 0.05) is 12.4 Å². The number of hydrogen-bond donors (Lipinski definition) is 0. The van der Waals surface area contributed by atoms with E-state index in [1.54, 1.807) is 12.4 Å². The molecule has 1 heterocycles. The van der Waals surface area contributed by atoms with Crippen molar-refractivity contribution in [1.29, 1.82) is 0 Å². The standard InChI is InChI=1S/C24H33NO5S.Na/c26-31(27,28)30-21-9-7-5-3-1-2-4-6-8-20-29-24-14-12-22(13-15-24)10-11-23-16-18-25-19-17-23;/h10-19H,1-9,20-21H2,(H,26,27,28);/q;+1/p-1/b11-10+;. The minimum atomic E-state index is -4.53. The van der Waals surface area contributed by atoms with Gasteiger partial charge in [0.2, 0.25) is 10.4 Å². The van der Waals surface area contributed by atoms with Gasteiger partial charge in [-0.05, 0) is 48.2 Å². The van der Waals surface area contributed by atoms with E-state index in [1.165, 1.54) is 19.3 Å². The number of nitrogens with zero attached hydrogens (tertiary/aromatic N) is 1. The Morgan fingerprint density at radius 3 is 1.72 bits per heavy atom. The summed E-state index contributed by atoms with van der Waals surface area (Å²) in [7, 11) is -4.53. The second-order valence-electron chi connectivity index (χ2n) is 7.44. The van der Waals surface area contributed by atoms with Crippen LogP contribution >= 0.6 is 0 Å². The topological polar surface area (TPSA) is 88.6 Å². The van der Waals surface area contributed by atoms with Gasteiger partial charge in [-0.3, -0.25) is 9.17 Å². The van der Waals surface area contributed by atoms with Gasteiger partial charge in [0.25, 0.3) is 0 Å². The molecule has 6 nitrogen and oxygen atoms in total. The van der Waals surface area contributed by atoms with Crippen LogP contribution in [0.25, 0.3) is 12.2 Å². The summed E-state index contributed by atoms with van der Waals surface area (Å²) in [6, 6.07) is 12.1. The molecule has 0 unspecified atom stereocenters. The van der Waals surface area contributed by atoms with Crippen molar-refractivity contribution in [3.63, 3.8) is 0 Å². The van der Waals surface area contributed by atoms with E-state index in [-0.39, 0.29) is 36.2 Å². The zero-order valence-corrected chi connectivity index (χ0v) is 21.8. The number of aromatic nitrogens is 1. The van der Waals surface area contributed by atoms with Crippen molar-refractivity contribution in [1.82, 2.24) is 4.98 Å². The Labute approximate surface area is 214 Å². The molecular formula is C24H32NNaO5S. The first kappa shape index (κ1) is 28.8. The molecule has 32 heavy (non-hydrogen) atoms. The Morgan fingerprint density at radius 1 is 0.719 bits per heavy atom. The van der Waals surface area contributed by atoms with Crippen molar-refractivity contribution >= 4 is 22.6 Å². The molecule has 0 bridgehead atoms. The van der Waals surface area contributed by atoms with Crippen LogP contribution in [0.1, 0.15) is 68.9 Å². The Morgan fingerprint density at radius 2 is 1.19 bits per heavy atom. The van der Waals surface area contributed by atoms with Crippen molar-refractivity contribution in [2.75, 3.05) is 13.2 Å². The van der Waals surface area contributed by atoms with Gasteiger partial charge < -0.3 is 9.29 Å². The van der Waals surface area contributed by atoms with Crippen molar-refractivity contribution in [2.24, 2.45) is 0 Å². The minimum absolute atomic E-state index is 0. The van der Waals surface area contributed by atoms with Crippen LogP contribution in [-0.4, -0.2) is 31.2 Å². The molecule has 0 fully saturated rings. The monoisotopic (exact) mass is 469 g/mol. The average Bonchev–Trinajstić information content (AvgIpc) is 2.76. The van der Waals surface area contributed by atoms with E-state index in [1.807, 2.05) is 24.3 Å². The maximum atomic E-state index is 10.3. The Bertz CT molecular complexity index is 858. The van der Waals surface area contributed by atoms with Crippen molar-refractivity contribution in [3.05, 3.63) is 59.9 Å². The third-order valence-corrected chi connectivity index (χ3v) is 5.29. The zero-order valence-electron chi connectivity index (χ0n) is 18.9. The molecule has 0 aliphatic rings. The molecule has 0 aliphatic heterocycles. The van der Waals surface area contributed by atoms with Crippen LogP contribution in [0.3, 0.4) is 0 Å². The van der Waals surface area contributed by atoms with Crippen LogP contribution in [0.4, 0.5) is 0 Å². The largest absolute Gasteiger partial charge is 1.00 e. The zero-order chi connectivity index (χ0) is 22.2. The maximum Gasteiger partial charge on any atom is 1.00 e. The summed E-state index contributed by atoms with van der Waals surface area (Å²) in [5.74, 6) is 0.898. The smallest absolute Gasteiger partial charge is 0.726 e. The fourth-order valence-electron chi connectivity index (χ4n) is 3.13. The fourth-order valence-corrected chi connectivity index (χ4v) is 3.46. The molecule has 0 radical (unpaired) electrons. The molecule has 1 aromatic heterocycles. The molecule has 0 atom stereocenters. The van der Waals surface area contributed by atoms with E-state index in [0.717, 1.165) is 55.6 Å². The normalized spacial score (nSPS) is 11.4. The van der Waals surface area contributed by atoms with E-state index in [4.69, 9.17) is 4.74 Å². The van der Waals surface area contributed by atoms with Gasteiger partial charge in [0.15, 0.2) is 0 Å². The molecule has 170 valence electrons. The predicted molar refractivity (Wildman–Crippen MR) is 122 cm³/mol. The van der Waals surface area contributed by atoms with E-state index < -0.39 is 10.4 Å². The van der Waals surface area contributed by atoms with Crippen LogP contribution in [0.15, 0.2) is 48.8 Å². The van der Waals surface area contributed by atoms with Gasteiger partial charge in [0.1, 0.15) is 5.75 Å². The Hall–Kier alpha value is -1.22. The summed E-state index contributed by atoms with van der Waals surface area (Å²) < 4.78 is 40.9. The maximum absolute atomic E-state index is 10.3. The Kier molecular flexibility index (Phi) is 15.6. The first-order valence-corrected chi connectivity index (χ1v) is 12.3. The van der Waals surface area contributed by atoms with Gasteiger partial charge in [-0.15, -0.1) is 0 Å². The summed E-state index contributed by atoms with van der Waals surface area (Å²) in [4.78, 5) is 4.01. The molecular weight excluding hydrogens is 437 g/mol. The number of hydrogen-bond acceptors (Lipinski definition) is 6. The van der Waals surface area contributed by atoms with E-state index in [2.05, 4.69) is 33.5 Å². The summed E-state index contributed by atoms with van der Waals surface area (Å²) in [5.41, 5.74) is 2.26. The average molecular weight is 470 g/mol. The van der Waals surface area contributed by atoms with Crippen LogP contribution in [0.2, 0.25) is 0 Å². The number of rotatable bonds is 16. The molecule has 0 N–H and O–H groups in total. The van der Waals surface area contributed by atoms with Crippen molar-refractivity contribution in [2.45, 2.75) is 57.8 Å². The second kappa shape index (κ2) is 17.3. The van der Waals surface area contributed by atoms with Crippen LogP contribution in [-0.2, 0) is 14.6 Å². The van der Waals surface area contributed by atoms with Gasteiger partial charge in [-0.2, -0.15) is 0 Å². The molecule has 0 spiro atoms. The van der Waals surface area contributed by atoms with E-state index in [9.17, 15) is 13.0 Å². The number of benzene rings is 1. The molecule has 0 saturated carbocycles. The quantitative estimate of drug-likeness (QED) is 0.163. The third kappa shape index (κ3) is 14.8. The molecule has 1 aromatic carbocycles. The second-order valence-corrected chi connectivity index (χ2v) is 8.50. The van der Waals surface area contributed by atoms with Gasteiger partial charge >= 0.3 is 29.6 Å². The number of unbranched alkanes of at least 4 members (excludes halogenated alkanes) is 8. The van der Waals surface area contributed by atoms with E-state index in [0.29, 0.717) is 6.42 Å².